The zero-order chi connectivity index (χ0) is 15.4. The van der Waals surface area contributed by atoms with Crippen molar-refractivity contribution in [1.29, 1.82) is 0 Å². The summed E-state index contributed by atoms with van der Waals surface area (Å²) in [5.74, 6) is 0.429. The van der Waals surface area contributed by atoms with Crippen LogP contribution in [-0.2, 0) is 6.54 Å². The molecule has 3 rings (SSSR count). The highest BCUT2D eigenvalue weighted by molar-refractivity contribution is 5.96. The van der Waals surface area contributed by atoms with Crippen LogP contribution in [0.4, 0.5) is 0 Å². The van der Waals surface area contributed by atoms with Crippen molar-refractivity contribution in [3.05, 3.63) is 66.1 Å². The van der Waals surface area contributed by atoms with E-state index in [4.69, 9.17) is 4.74 Å². The third-order valence-corrected chi connectivity index (χ3v) is 3.28. The lowest BCUT2D eigenvalue weighted by Gasteiger charge is -2.09. The smallest absolute Gasteiger partial charge is 0.255 e. The number of hydrogen-bond donors (Lipinski definition) is 1. The topological polar surface area (TPSA) is 55.6 Å². The van der Waals surface area contributed by atoms with Gasteiger partial charge in [0, 0.05) is 12.4 Å². The highest BCUT2D eigenvalue weighted by Crippen LogP contribution is 2.17. The fourth-order valence-electron chi connectivity index (χ4n) is 2.27. The minimum Gasteiger partial charge on any atom is -0.493 e. The van der Waals surface area contributed by atoms with Crippen LogP contribution in [0.3, 0.4) is 0 Å². The first-order chi connectivity index (χ1) is 10.8. The van der Waals surface area contributed by atoms with Crippen LogP contribution < -0.4 is 10.1 Å². The summed E-state index contributed by atoms with van der Waals surface area (Å²) in [6.45, 7) is 2.79. The van der Waals surface area contributed by atoms with Crippen LogP contribution in [0.15, 0.2) is 54.9 Å². The molecule has 1 aromatic carbocycles. The van der Waals surface area contributed by atoms with E-state index in [9.17, 15) is 4.79 Å². The molecule has 0 aliphatic heterocycles. The Labute approximate surface area is 128 Å². The van der Waals surface area contributed by atoms with E-state index in [1.807, 2.05) is 54.0 Å². The lowest BCUT2D eigenvalue weighted by Crippen LogP contribution is -2.23. The lowest BCUT2D eigenvalue weighted by molar-refractivity contribution is 0.0946. The number of pyridine rings is 1. The Bertz CT molecular complexity index is 762. The first kappa shape index (κ1) is 14.1. The van der Waals surface area contributed by atoms with Gasteiger partial charge in [0.1, 0.15) is 11.4 Å². The maximum absolute atomic E-state index is 12.3. The van der Waals surface area contributed by atoms with E-state index in [0.29, 0.717) is 24.5 Å². The van der Waals surface area contributed by atoms with E-state index in [-0.39, 0.29) is 5.91 Å². The van der Waals surface area contributed by atoms with Crippen LogP contribution in [0.2, 0.25) is 0 Å². The number of fused-ring (bicyclic) bond motifs is 1. The molecular formula is C17H17N3O2. The molecule has 0 saturated carbocycles. The summed E-state index contributed by atoms with van der Waals surface area (Å²) in [6, 6.07) is 13.0. The standard InChI is InChI=1S/C17H17N3O2/c1-2-22-15-8-4-3-7-14(15)17(21)18-11-13-12-20-10-6-5-9-16(20)19-13/h3-10,12H,2,11H2,1H3,(H,18,21). The number of ether oxygens (including phenoxy) is 1. The molecule has 0 atom stereocenters. The van der Waals surface area contributed by atoms with Crippen molar-refractivity contribution in [2.45, 2.75) is 13.5 Å². The summed E-state index contributed by atoms with van der Waals surface area (Å²) < 4.78 is 7.40. The summed E-state index contributed by atoms with van der Waals surface area (Å²) in [5, 5.41) is 2.88. The Morgan fingerprint density at radius 3 is 2.86 bits per heavy atom. The van der Waals surface area contributed by atoms with Crippen molar-refractivity contribution >= 4 is 11.6 Å². The normalized spacial score (nSPS) is 10.6. The van der Waals surface area contributed by atoms with E-state index in [1.165, 1.54) is 0 Å². The predicted molar refractivity (Wildman–Crippen MR) is 84.0 cm³/mol. The zero-order valence-corrected chi connectivity index (χ0v) is 12.3. The minimum atomic E-state index is -0.166. The summed E-state index contributed by atoms with van der Waals surface area (Å²) in [5.41, 5.74) is 2.21. The number of para-hydroxylation sites is 1. The molecule has 112 valence electrons. The fourth-order valence-corrected chi connectivity index (χ4v) is 2.27. The van der Waals surface area contributed by atoms with Gasteiger partial charge in [-0.25, -0.2) is 4.98 Å². The van der Waals surface area contributed by atoms with E-state index >= 15 is 0 Å². The van der Waals surface area contributed by atoms with Crippen LogP contribution in [0.25, 0.3) is 5.65 Å². The third-order valence-electron chi connectivity index (χ3n) is 3.28. The fraction of sp³-hybridized carbons (Fsp3) is 0.176. The second-order valence-electron chi connectivity index (χ2n) is 4.81. The van der Waals surface area contributed by atoms with Gasteiger partial charge in [0.05, 0.1) is 24.4 Å². The molecule has 1 amide bonds. The average Bonchev–Trinajstić information content (AvgIpc) is 2.96. The van der Waals surface area contributed by atoms with E-state index in [0.717, 1.165) is 11.3 Å². The Balaban J connectivity index is 1.72. The van der Waals surface area contributed by atoms with Gasteiger partial charge in [0.2, 0.25) is 0 Å². The van der Waals surface area contributed by atoms with Gasteiger partial charge in [-0.2, -0.15) is 0 Å². The van der Waals surface area contributed by atoms with Gasteiger partial charge in [-0.15, -0.1) is 0 Å². The maximum atomic E-state index is 12.3. The van der Waals surface area contributed by atoms with E-state index < -0.39 is 0 Å². The van der Waals surface area contributed by atoms with Gasteiger partial charge in [0.15, 0.2) is 0 Å². The average molecular weight is 295 g/mol. The van der Waals surface area contributed by atoms with Gasteiger partial charge in [0.25, 0.3) is 5.91 Å². The molecule has 2 aromatic heterocycles. The number of nitrogens with zero attached hydrogens (tertiary/aromatic N) is 2. The Hall–Kier alpha value is -2.82. The monoisotopic (exact) mass is 295 g/mol. The van der Waals surface area contributed by atoms with Gasteiger partial charge in [-0.3, -0.25) is 4.79 Å². The first-order valence-electron chi connectivity index (χ1n) is 7.20. The van der Waals surface area contributed by atoms with Crippen molar-refractivity contribution in [3.8, 4) is 5.75 Å². The molecule has 5 heteroatoms. The maximum Gasteiger partial charge on any atom is 0.255 e. The Morgan fingerprint density at radius 1 is 1.23 bits per heavy atom. The van der Waals surface area contributed by atoms with Crippen molar-refractivity contribution < 1.29 is 9.53 Å². The molecule has 0 saturated heterocycles. The largest absolute Gasteiger partial charge is 0.493 e. The lowest BCUT2D eigenvalue weighted by atomic mass is 10.2. The number of nitrogens with one attached hydrogen (secondary N) is 1. The Kier molecular flexibility index (Phi) is 4.05. The number of hydrogen-bond acceptors (Lipinski definition) is 3. The van der Waals surface area contributed by atoms with Gasteiger partial charge in [-0.1, -0.05) is 18.2 Å². The zero-order valence-electron chi connectivity index (χ0n) is 12.3. The molecule has 2 heterocycles. The molecule has 22 heavy (non-hydrogen) atoms. The minimum absolute atomic E-state index is 0.166. The summed E-state index contributed by atoms with van der Waals surface area (Å²) >= 11 is 0. The van der Waals surface area contributed by atoms with Crippen LogP contribution in [-0.4, -0.2) is 21.9 Å². The molecular weight excluding hydrogens is 278 g/mol. The number of carbonyl (C=O) groups is 1. The van der Waals surface area contributed by atoms with Crippen LogP contribution >= 0.6 is 0 Å². The van der Waals surface area contributed by atoms with Crippen molar-refractivity contribution in [1.82, 2.24) is 14.7 Å². The number of imidazole rings is 1. The van der Waals surface area contributed by atoms with Crippen LogP contribution in [0, 0.1) is 0 Å². The van der Waals surface area contributed by atoms with Crippen molar-refractivity contribution in [3.63, 3.8) is 0 Å². The number of amides is 1. The molecule has 3 aromatic rings. The number of benzene rings is 1. The molecule has 0 radical (unpaired) electrons. The van der Waals surface area contributed by atoms with Crippen molar-refractivity contribution in [2.75, 3.05) is 6.61 Å². The quantitative estimate of drug-likeness (QED) is 0.787. The second kappa shape index (κ2) is 6.30. The molecule has 5 nitrogen and oxygen atoms in total. The molecule has 0 fully saturated rings. The van der Waals surface area contributed by atoms with Gasteiger partial charge in [-0.05, 0) is 31.2 Å². The van der Waals surface area contributed by atoms with E-state index in [1.54, 1.807) is 12.1 Å². The van der Waals surface area contributed by atoms with E-state index in [2.05, 4.69) is 10.3 Å². The van der Waals surface area contributed by atoms with Gasteiger partial charge < -0.3 is 14.5 Å². The molecule has 0 bridgehead atoms. The highest BCUT2D eigenvalue weighted by atomic mass is 16.5. The first-order valence-corrected chi connectivity index (χ1v) is 7.20. The second-order valence-corrected chi connectivity index (χ2v) is 4.81. The Morgan fingerprint density at radius 2 is 2.05 bits per heavy atom. The number of rotatable bonds is 5. The number of carbonyl (C=O) groups excluding carboxylic acids is 1. The highest BCUT2D eigenvalue weighted by Gasteiger charge is 2.12. The summed E-state index contributed by atoms with van der Waals surface area (Å²) in [4.78, 5) is 16.8. The van der Waals surface area contributed by atoms with Gasteiger partial charge >= 0.3 is 0 Å². The molecule has 1 N–H and O–H groups in total. The molecule has 0 aliphatic rings. The number of aromatic nitrogens is 2. The molecule has 0 spiro atoms. The van der Waals surface area contributed by atoms with Crippen LogP contribution in [0.1, 0.15) is 23.0 Å². The SMILES string of the molecule is CCOc1ccccc1C(=O)NCc1cn2ccccc2n1. The summed E-state index contributed by atoms with van der Waals surface area (Å²) in [7, 11) is 0. The predicted octanol–water partition coefficient (Wildman–Crippen LogP) is 2.66. The van der Waals surface area contributed by atoms with Crippen molar-refractivity contribution in [2.24, 2.45) is 0 Å². The molecule has 0 unspecified atom stereocenters. The third kappa shape index (κ3) is 2.93. The molecule has 0 aliphatic carbocycles. The summed E-state index contributed by atoms with van der Waals surface area (Å²) in [6.07, 6.45) is 3.84. The van der Waals surface area contributed by atoms with Crippen LogP contribution in [0.5, 0.6) is 5.75 Å².